The van der Waals surface area contributed by atoms with Gasteiger partial charge in [-0.1, -0.05) is 50.2 Å². The van der Waals surface area contributed by atoms with Gasteiger partial charge in [0.1, 0.15) is 5.82 Å². The number of fused-ring (bicyclic) bond motifs is 1. The second kappa shape index (κ2) is 10.3. The molecular weight excluding hydrogens is 437 g/mol. The van der Waals surface area contributed by atoms with Gasteiger partial charge in [0.05, 0.1) is 10.9 Å². The van der Waals surface area contributed by atoms with Gasteiger partial charge in [-0.15, -0.1) is 0 Å². The fraction of sp³-hybridized carbons (Fsp3) is 0.348. The SMILES string of the molecule is CCCNC(=O)c1ccc2c(=O)n(CC(C)C)c(SCc3c(F)cccc3Cl)nc2c1. The molecule has 0 aliphatic rings. The molecule has 31 heavy (non-hydrogen) atoms. The van der Waals surface area contributed by atoms with Crippen molar-refractivity contribution in [2.75, 3.05) is 6.54 Å². The lowest BCUT2D eigenvalue weighted by Crippen LogP contribution is -2.26. The zero-order valence-corrected chi connectivity index (χ0v) is 19.3. The third-order valence-electron chi connectivity index (χ3n) is 4.67. The number of aromatic nitrogens is 2. The van der Waals surface area contributed by atoms with Crippen LogP contribution in [0.5, 0.6) is 0 Å². The topological polar surface area (TPSA) is 64.0 Å². The first kappa shape index (κ1) is 23.3. The van der Waals surface area contributed by atoms with Gasteiger partial charge >= 0.3 is 0 Å². The molecule has 1 N–H and O–H groups in total. The fourth-order valence-corrected chi connectivity index (χ4v) is 4.48. The predicted molar refractivity (Wildman–Crippen MR) is 124 cm³/mol. The molecule has 3 rings (SSSR count). The number of carbonyl (C=O) groups excluding carboxylic acids is 1. The van der Waals surface area contributed by atoms with E-state index < -0.39 is 5.82 Å². The summed E-state index contributed by atoms with van der Waals surface area (Å²) < 4.78 is 15.8. The number of amides is 1. The van der Waals surface area contributed by atoms with E-state index in [1.165, 1.54) is 17.8 Å². The number of hydrogen-bond donors (Lipinski definition) is 1. The fourth-order valence-electron chi connectivity index (χ4n) is 3.13. The summed E-state index contributed by atoms with van der Waals surface area (Å²) in [5, 5.41) is 4.08. The Morgan fingerprint density at radius 2 is 2.06 bits per heavy atom. The Balaban J connectivity index is 2.04. The van der Waals surface area contributed by atoms with E-state index in [4.69, 9.17) is 11.6 Å². The van der Waals surface area contributed by atoms with E-state index in [1.807, 2.05) is 20.8 Å². The number of rotatable bonds is 8. The molecule has 0 atom stereocenters. The van der Waals surface area contributed by atoms with Crippen LogP contribution in [0.25, 0.3) is 10.9 Å². The molecule has 2 aromatic carbocycles. The largest absolute Gasteiger partial charge is 0.352 e. The van der Waals surface area contributed by atoms with Crippen molar-refractivity contribution in [2.24, 2.45) is 5.92 Å². The molecule has 0 aliphatic carbocycles. The highest BCUT2D eigenvalue weighted by Gasteiger charge is 2.16. The number of nitrogens with zero attached hydrogens (tertiary/aromatic N) is 2. The predicted octanol–water partition coefficient (Wildman–Crippen LogP) is 5.28. The third kappa shape index (κ3) is 5.46. The Morgan fingerprint density at radius 1 is 1.29 bits per heavy atom. The van der Waals surface area contributed by atoms with Crippen LogP contribution in [0.3, 0.4) is 0 Å². The Kier molecular flexibility index (Phi) is 7.73. The van der Waals surface area contributed by atoms with Crippen LogP contribution in [-0.4, -0.2) is 22.0 Å². The zero-order valence-electron chi connectivity index (χ0n) is 17.7. The van der Waals surface area contributed by atoms with E-state index in [2.05, 4.69) is 10.3 Å². The Bertz CT molecular complexity index is 1140. The molecule has 0 bridgehead atoms. The Labute approximate surface area is 190 Å². The standard InChI is InChI=1S/C23H25ClFN3O2S/c1-4-10-26-21(29)15-8-9-16-20(11-15)27-23(28(22(16)30)12-14(2)3)31-13-17-18(24)6-5-7-19(17)25/h5-9,11,14H,4,10,12-13H2,1-3H3,(H,26,29). The number of hydrogen-bond acceptors (Lipinski definition) is 4. The van der Waals surface area contributed by atoms with E-state index in [0.717, 1.165) is 6.42 Å². The quantitative estimate of drug-likeness (QED) is 0.366. The molecule has 0 spiro atoms. The molecule has 0 saturated heterocycles. The monoisotopic (exact) mass is 461 g/mol. The Hall–Kier alpha value is -2.38. The van der Waals surface area contributed by atoms with Gasteiger partial charge in [-0.3, -0.25) is 14.2 Å². The number of halogens is 2. The maximum Gasteiger partial charge on any atom is 0.262 e. The lowest BCUT2D eigenvalue weighted by molar-refractivity contribution is 0.0954. The molecular formula is C23H25ClFN3O2S. The molecule has 1 amide bonds. The molecule has 0 fully saturated rings. The molecule has 1 heterocycles. The van der Waals surface area contributed by atoms with Crippen LogP contribution in [0, 0.1) is 11.7 Å². The van der Waals surface area contributed by atoms with Crippen molar-refractivity contribution in [3.8, 4) is 0 Å². The molecule has 164 valence electrons. The molecule has 3 aromatic rings. The number of benzene rings is 2. The van der Waals surface area contributed by atoms with Gasteiger partial charge in [0, 0.05) is 35.0 Å². The minimum Gasteiger partial charge on any atom is -0.352 e. The van der Waals surface area contributed by atoms with Gasteiger partial charge in [-0.2, -0.15) is 0 Å². The molecule has 8 heteroatoms. The van der Waals surface area contributed by atoms with Gasteiger partial charge < -0.3 is 5.32 Å². The highest BCUT2D eigenvalue weighted by atomic mass is 35.5. The summed E-state index contributed by atoms with van der Waals surface area (Å²) in [6.07, 6.45) is 0.830. The second-order valence-corrected chi connectivity index (χ2v) is 9.03. The van der Waals surface area contributed by atoms with E-state index in [1.54, 1.807) is 34.9 Å². The maximum atomic E-state index is 14.2. The van der Waals surface area contributed by atoms with Crippen molar-refractivity contribution in [3.63, 3.8) is 0 Å². The summed E-state index contributed by atoms with van der Waals surface area (Å²) >= 11 is 7.41. The molecule has 0 unspecified atom stereocenters. The van der Waals surface area contributed by atoms with Gasteiger partial charge in [0.2, 0.25) is 0 Å². The van der Waals surface area contributed by atoms with Crippen molar-refractivity contribution in [3.05, 3.63) is 68.7 Å². The van der Waals surface area contributed by atoms with Gasteiger partial charge in [-0.05, 0) is 42.7 Å². The lowest BCUT2D eigenvalue weighted by atomic mass is 10.1. The second-order valence-electron chi connectivity index (χ2n) is 7.68. The first-order valence-corrected chi connectivity index (χ1v) is 11.6. The smallest absolute Gasteiger partial charge is 0.262 e. The number of carbonyl (C=O) groups is 1. The zero-order chi connectivity index (χ0) is 22.5. The van der Waals surface area contributed by atoms with Crippen LogP contribution in [0.2, 0.25) is 5.02 Å². The van der Waals surface area contributed by atoms with Gasteiger partial charge in [-0.25, -0.2) is 9.37 Å². The van der Waals surface area contributed by atoms with Crippen LogP contribution in [-0.2, 0) is 12.3 Å². The van der Waals surface area contributed by atoms with Gasteiger partial charge in [0.15, 0.2) is 5.16 Å². The van der Waals surface area contributed by atoms with Crippen LogP contribution >= 0.6 is 23.4 Å². The summed E-state index contributed by atoms with van der Waals surface area (Å²) in [6.45, 7) is 7.06. The summed E-state index contributed by atoms with van der Waals surface area (Å²) in [6, 6.07) is 9.46. The maximum absolute atomic E-state index is 14.2. The van der Waals surface area contributed by atoms with Crippen molar-refractivity contribution in [1.29, 1.82) is 0 Å². The molecule has 0 radical (unpaired) electrons. The summed E-state index contributed by atoms with van der Waals surface area (Å²) in [4.78, 5) is 30.2. The first-order chi connectivity index (χ1) is 14.8. The van der Waals surface area contributed by atoms with Crippen LogP contribution in [0.1, 0.15) is 43.1 Å². The average Bonchev–Trinajstić information content (AvgIpc) is 2.73. The minimum atomic E-state index is -0.395. The van der Waals surface area contributed by atoms with Crippen LogP contribution in [0.4, 0.5) is 4.39 Å². The van der Waals surface area contributed by atoms with E-state index >= 15 is 0 Å². The van der Waals surface area contributed by atoms with Crippen LogP contribution in [0.15, 0.2) is 46.3 Å². The van der Waals surface area contributed by atoms with Gasteiger partial charge in [0.25, 0.3) is 11.5 Å². The first-order valence-electron chi connectivity index (χ1n) is 10.2. The highest BCUT2D eigenvalue weighted by molar-refractivity contribution is 7.98. The third-order valence-corrected chi connectivity index (χ3v) is 6.03. The lowest BCUT2D eigenvalue weighted by Gasteiger charge is -2.15. The minimum absolute atomic E-state index is 0.179. The summed E-state index contributed by atoms with van der Waals surface area (Å²) in [7, 11) is 0. The average molecular weight is 462 g/mol. The van der Waals surface area contributed by atoms with E-state index in [-0.39, 0.29) is 23.1 Å². The summed E-state index contributed by atoms with van der Waals surface area (Å²) in [5.41, 5.74) is 1.08. The Morgan fingerprint density at radius 3 is 2.74 bits per heavy atom. The van der Waals surface area contributed by atoms with Crippen molar-refractivity contribution < 1.29 is 9.18 Å². The normalized spacial score (nSPS) is 11.3. The molecule has 0 aliphatic heterocycles. The number of nitrogens with one attached hydrogen (secondary N) is 1. The van der Waals surface area contributed by atoms with E-state index in [9.17, 15) is 14.0 Å². The van der Waals surface area contributed by atoms with Crippen molar-refractivity contribution >= 4 is 40.2 Å². The molecule has 5 nitrogen and oxygen atoms in total. The summed E-state index contributed by atoms with van der Waals surface area (Å²) in [5.74, 6) is -0.150. The van der Waals surface area contributed by atoms with Crippen molar-refractivity contribution in [1.82, 2.24) is 14.9 Å². The highest BCUT2D eigenvalue weighted by Crippen LogP contribution is 2.28. The molecule has 1 aromatic heterocycles. The van der Waals surface area contributed by atoms with E-state index in [0.29, 0.717) is 45.3 Å². The van der Waals surface area contributed by atoms with Crippen molar-refractivity contribution in [2.45, 2.75) is 44.6 Å². The van der Waals surface area contributed by atoms with Crippen LogP contribution < -0.4 is 10.9 Å². The number of thioether (sulfide) groups is 1. The molecule has 0 saturated carbocycles.